The van der Waals surface area contributed by atoms with E-state index in [-0.39, 0.29) is 6.04 Å². The summed E-state index contributed by atoms with van der Waals surface area (Å²) in [5.74, 6) is 0.835. The highest BCUT2D eigenvalue weighted by molar-refractivity contribution is 5.34. The van der Waals surface area contributed by atoms with Gasteiger partial charge in [0.15, 0.2) is 0 Å². The molecule has 1 aromatic carbocycles. The number of fused-ring (bicyclic) bond motifs is 1. The standard InChI is InChI=1S/C17H25NO/c18-17(9-13-5-3-1-2-4-6-13)14-7-8-15-11-19-12-16(15)10-14/h7-8,10,13,17H,1-6,9,11-12,18H2. The van der Waals surface area contributed by atoms with Crippen molar-refractivity contribution in [2.45, 2.75) is 64.2 Å². The first kappa shape index (κ1) is 13.1. The van der Waals surface area contributed by atoms with Crippen molar-refractivity contribution in [1.82, 2.24) is 0 Å². The van der Waals surface area contributed by atoms with Gasteiger partial charge in [-0.2, -0.15) is 0 Å². The minimum absolute atomic E-state index is 0.203. The van der Waals surface area contributed by atoms with Crippen molar-refractivity contribution in [1.29, 1.82) is 0 Å². The van der Waals surface area contributed by atoms with Gasteiger partial charge in [-0.25, -0.2) is 0 Å². The predicted octanol–water partition coefficient (Wildman–Crippen LogP) is 4.08. The Balaban J connectivity index is 1.64. The summed E-state index contributed by atoms with van der Waals surface area (Å²) in [5, 5.41) is 0. The number of hydrogen-bond donors (Lipinski definition) is 1. The minimum Gasteiger partial charge on any atom is -0.372 e. The Bertz CT molecular complexity index is 421. The molecule has 104 valence electrons. The van der Waals surface area contributed by atoms with Gasteiger partial charge in [-0.05, 0) is 29.0 Å². The molecule has 1 fully saturated rings. The Labute approximate surface area is 116 Å². The molecule has 3 rings (SSSR count). The highest BCUT2D eigenvalue weighted by Crippen LogP contribution is 2.31. The van der Waals surface area contributed by atoms with Gasteiger partial charge in [0, 0.05) is 6.04 Å². The zero-order valence-corrected chi connectivity index (χ0v) is 11.7. The third-order valence-electron chi connectivity index (χ3n) is 4.74. The normalized spacial score (nSPS) is 21.9. The summed E-state index contributed by atoms with van der Waals surface area (Å²) in [5.41, 5.74) is 10.4. The lowest BCUT2D eigenvalue weighted by Gasteiger charge is -2.20. The van der Waals surface area contributed by atoms with Gasteiger partial charge in [0.05, 0.1) is 13.2 Å². The van der Waals surface area contributed by atoms with Gasteiger partial charge < -0.3 is 10.5 Å². The molecule has 19 heavy (non-hydrogen) atoms. The van der Waals surface area contributed by atoms with Crippen LogP contribution in [-0.4, -0.2) is 0 Å². The second-order valence-electron chi connectivity index (χ2n) is 6.22. The molecule has 1 aromatic rings. The SMILES string of the molecule is NC(CC1CCCCCC1)c1ccc2c(c1)COC2. The number of nitrogens with two attached hydrogens (primary N) is 1. The van der Waals surface area contributed by atoms with Gasteiger partial charge in [0.1, 0.15) is 0 Å². The Morgan fingerprint density at radius 1 is 1.05 bits per heavy atom. The van der Waals surface area contributed by atoms with Crippen molar-refractivity contribution in [2.75, 3.05) is 0 Å². The van der Waals surface area contributed by atoms with Crippen LogP contribution >= 0.6 is 0 Å². The Morgan fingerprint density at radius 3 is 2.58 bits per heavy atom. The van der Waals surface area contributed by atoms with E-state index in [1.165, 1.54) is 55.2 Å². The zero-order valence-electron chi connectivity index (χ0n) is 11.7. The largest absolute Gasteiger partial charge is 0.372 e. The summed E-state index contributed by atoms with van der Waals surface area (Å²) >= 11 is 0. The van der Waals surface area contributed by atoms with E-state index < -0.39 is 0 Å². The first-order chi connectivity index (χ1) is 9.33. The van der Waals surface area contributed by atoms with Gasteiger partial charge in [-0.15, -0.1) is 0 Å². The maximum atomic E-state index is 6.43. The van der Waals surface area contributed by atoms with Crippen LogP contribution in [-0.2, 0) is 18.0 Å². The average Bonchev–Trinajstić information content (AvgIpc) is 2.75. The van der Waals surface area contributed by atoms with Crippen LogP contribution in [0.15, 0.2) is 18.2 Å². The Kier molecular flexibility index (Phi) is 4.19. The summed E-state index contributed by atoms with van der Waals surface area (Å²) in [4.78, 5) is 0. The molecule has 2 N–H and O–H groups in total. The molecular weight excluding hydrogens is 234 g/mol. The predicted molar refractivity (Wildman–Crippen MR) is 77.7 cm³/mol. The highest BCUT2D eigenvalue weighted by atomic mass is 16.5. The lowest BCUT2D eigenvalue weighted by atomic mass is 9.89. The first-order valence-electron chi connectivity index (χ1n) is 7.78. The fourth-order valence-electron chi connectivity index (χ4n) is 3.52. The van der Waals surface area contributed by atoms with Crippen LogP contribution in [0.3, 0.4) is 0 Å². The second-order valence-corrected chi connectivity index (χ2v) is 6.22. The summed E-state index contributed by atoms with van der Waals surface area (Å²) in [7, 11) is 0. The van der Waals surface area contributed by atoms with Crippen molar-refractivity contribution >= 4 is 0 Å². The van der Waals surface area contributed by atoms with Crippen LogP contribution in [0.1, 0.15) is 67.7 Å². The van der Waals surface area contributed by atoms with Crippen molar-refractivity contribution < 1.29 is 4.74 Å². The Hall–Kier alpha value is -0.860. The number of benzene rings is 1. The van der Waals surface area contributed by atoms with Crippen molar-refractivity contribution in [3.8, 4) is 0 Å². The molecule has 1 heterocycles. The molecule has 2 heteroatoms. The third-order valence-corrected chi connectivity index (χ3v) is 4.74. The molecule has 0 bridgehead atoms. The number of ether oxygens (including phenoxy) is 1. The lowest BCUT2D eigenvalue weighted by molar-refractivity contribution is 0.134. The fourth-order valence-corrected chi connectivity index (χ4v) is 3.52. The van der Waals surface area contributed by atoms with E-state index in [0.29, 0.717) is 0 Å². The van der Waals surface area contributed by atoms with Crippen LogP contribution in [0, 0.1) is 5.92 Å². The van der Waals surface area contributed by atoms with Crippen LogP contribution < -0.4 is 5.73 Å². The average molecular weight is 259 g/mol. The van der Waals surface area contributed by atoms with E-state index in [1.54, 1.807) is 0 Å². The van der Waals surface area contributed by atoms with Gasteiger partial charge in [-0.3, -0.25) is 0 Å². The number of rotatable bonds is 3. The van der Waals surface area contributed by atoms with Gasteiger partial charge in [-0.1, -0.05) is 56.7 Å². The highest BCUT2D eigenvalue weighted by Gasteiger charge is 2.18. The molecule has 1 unspecified atom stereocenters. The fraction of sp³-hybridized carbons (Fsp3) is 0.647. The first-order valence-corrected chi connectivity index (χ1v) is 7.78. The Morgan fingerprint density at radius 2 is 1.79 bits per heavy atom. The molecular formula is C17H25NO. The van der Waals surface area contributed by atoms with Crippen LogP contribution in [0.4, 0.5) is 0 Å². The summed E-state index contributed by atoms with van der Waals surface area (Å²) in [6.07, 6.45) is 9.54. The summed E-state index contributed by atoms with van der Waals surface area (Å²) in [6.45, 7) is 1.53. The van der Waals surface area contributed by atoms with E-state index in [4.69, 9.17) is 10.5 Å². The van der Waals surface area contributed by atoms with Crippen molar-refractivity contribution in [2.24, 2.45) is 11.7 Å². The van der Waals surface area contributed by atoms with Crippen LogP contribution in [0.2, 0.25) is 0 Å². The summed E-state index contributed by atoms with van der Waals surface area (Å²) in [6, 6.07) is 6.87. The molecule has 0 amide bonds. The molecule has 0 radical (unpaired) electrons. The van der Waals surface area contributed by atoms with E-state index in [1.807, 2.05) is 0 Å². The van der Waals surface area contributed by atoms with Crippen LogP contribution in [0.5, 0.6) is 0 Å². The van der Waals surface area contributed by atoms with Gasteiger partial charge >= 0.3 is 0 Å². The van der Waals surface area contributed by atoms with E-state index in [0.717, 1.165) is 25.6 Å². The smallest absolute Gasteiger partial charge is 0.0725 e. The monoisotopic (exact) mass is 259 g/mol. The molecule has 1 aliphatic carbocycles. The van der Waals surface area contributed by atoms with Gasteiger partial charge in [0.2, 0.25) is 0 Å². The van der Waals surface area contributed by atoms with Crippen LogP contribution in [0.25, 0.3) is 0 Å². The van der Waals surface area contributed by atoms with Crippen molar-refractivity contribution in [3.05, 3.63) is 34.9 Å². The molecule has 0 spiro atoms. The third kappa shape index (κ3) is 3.18. The molecule has 0 aromatic heterocycles. The molecule has 2 nitrogen and oxygen atoms in total. The quantitative estimate of drug-likeness (QED) is 0.830. The number of hydrogen-bond acceptors (Lipinski definition) is 2. The second kappa shape index (κ2) is 6.06. The van der Waals surface area contributed by atoms with E-state index in [9.17, 15) is 0 Å². The van der Waals surface area contributed by atoms with E-state index >= 15 is 0 Å². The summed E-state index contributed by atoms with van der Waals surface area (Å²) < 4.78 is 5.48. The topological polar surface area (TPSA) is 35.2 Å². The molecule has 1 atom stereocenters. The molecule has 0 saturated heterocycles. The lowest BCUT2D eigenvalue weighted by Crippen LogP contribution is -2.15. The van der Waals surface area contributed by atoms with Gasteiger partial charge in [0.25, 0.3) is 0 Å². The maximum absolute atomic E-state index is 6.43. The maximum Gasteiger partial charge on any atom is 0.0725 e. The molecule has 1 aliphatic heterocycles. The molecule has 1 saturated carbocycles. The zero-order chi connectivity index (χ0) is 13.1. The minimum atomic E-state index is 0.203. The molecule has 2 aliphatic rings. The van der Waals surface area contributed by atoms with Crippen molar-refractivity contribution in [3.63, 3.8) is 0 Å². The van der Waals surface area contributed by atoms with E-state index in [2.05, 4.69) is 18.2 Å².